The van der Waals surface area contributed by atoms with Crippen molar-refractivity contribution >= 4 is 23.5 Å². The zero-order valence-corrected chi connectivity index (χ0v) is 17.7. The van der Waals surface area contributed by atoms with Crippen molar-refractivity contribution in [2.45, 2.75) is 44.7 Å². The second kappa shape index (κ2) is 10.1. The van der Waals surface area contributed by atoms with Crippen molar-refractivity contribution < 1.29 is 0 Å². The van der Waals surface area contributed by atoms with E-state index in [1.165, 1.54) is 37.7 Å². The molecule has 1 fully saturated rings. The Hall–Kier alpha value is -3.06. The molecule has 30 heavy (non-hydrogen) atoms. The van der Waals surface area contributed by atoms with Gasteiger partial charge in [-0.15, -0.1) is 0 Å². The molecular formula is C23H26N6S. The molecule has 7 heteroatoms. The van der Waals surface area contributed by atoms with E-state index in [1.54, 1.807) is 12.4 Å². The largest absolute Gasteiger partial charge is 0.359 e. The van der Waals surface area contributed by atoms with E-state index in [1.807, 2.05) is 47.4 Å². The third-order valence-electron chi connectivity index (χ3n) is 5.22. The molecule has 0 radical (unpaired) electrons. The number of pyridine rings is 1. The van der Waals surface area contributed by atoms with E-state index in [-0.39, 0.29) is 0 Å². The monoisotopic (exact) mass is 418 g/mol. The summed E-state index contributed by atoms with van der Waals surface area (Å²) in [5.74, 6) is 0. The van der Waals surface area contributed by atoms with Gasteiger partial charge in [0.2, 0.25) is 0 Å². The van der Waals surface area contributed by atoms with Crippen molar-refractivity contribution in [1.29, 1.82) is 0 Å². The van der Waals surface area contributed by atoms with Gasteiger partial charge in [-0.3, -0.25) is 15.1 Å². The summed E-state index contributed by atoms with van der Waals surface area (Å²) in [6.07, 6.45) is 13.5. The van der Waals surface area contributed by atoms with Gasteiger partial charge in [0.15, 0.2) is 5.11 Å². The van der Waals surface area contributed by atoms with Gasteiger partial charge in [-0.05, 0) is 42.8 Å². The summed E-state index contributed by atoms with van der Waals surface area (Å²) >= 11 is 5.40. The summed E-state index contributed by atoms with van der Waals surface area (Å²) in [7, 11) is 0. The predicted molar refractivity (Wildman–Crippen MR) is 124 cm³/mol. The molecule has 3 aromatic rings. The molecule has 2 N–H and O–H groups in total. The van der Waals surface area contributed by atoms with E-state index < -0.39 is 0 Å². The molecule has 6 nitrogen and oxygen atoms in total. The Morgan fingerprint density at radius 3 is 2.73 bits per heavy atom. The summed E-state index contributed by atoms with van der Waals surface area (Å²) in [5.41, 5.74) is 6.85. The highest BCUT2D eigenvalue weighted by Crippen LogP contribution is 2.20. The molecule has 4 rings (SSSR count). The summed E-state index contributed by atoms with van der Waals surface area (Å²) in [5, 5.41) is 13.1. The Kier molecular flexibility index (Phi) is 6.82. The molecule has 154 valence electrons. The van der Waals surface area contributed by atoms with Crippen LogP contribution in [0.25, 0.3) is 11.3 Å². The summed E-state index contributed by atoms with van der Waals surface area (Å²) in [6.45, 7) is 0.691. The molecule has 0 amide bonds. The van der Waals surface area contributed by atoms with E-state index >= 15 is 0 Å². The second-order valence-electron chi connectivity index (χ2n) is 7.54. The van der Waals surface area contributed by atoms with Gasteiger partial charge in [0.1, 0.15) is 5.69 Å². The van der Waals surface area contributed by atoms with E-state index in [9.17, 15) is 0 Å². The molecule has 1 aromatic carbocycles. The fourth-order valence-electron chi connectivity index (χ4n) is 3.73. The first-order chi connectivity index (χ1) is 14.8. The summed E-state index contributed by atoms with van der Waals surface area (Å²) < 4.78 is 1.93. The van der Waals surface area contributed by atoms with Crippen molar-refractivity contribution in [3.63, 3.8) is 0 Å². The predicted octanol–water partition coefficient (Wildman–Crippen LogP) is 4.12. The average molecular weight is 419 g/mol. The zero-order valence-electron chi connectivity index (χ0n) is 16.9. The van der Waals surface area contributed by atoms with Gasteiger partial charge in [0.05, 0.1) is 12.8 Å². The van der Waals surface area contributed by atoms with Crippen LogP contribution < -0.4 is 10.7 Å². The van der Waals surface area contributed by atoms with Gasteiger partial charge in [0.25, 0.3) is 0 Å². The highest BCUT2D eigenvalue weighted by Gasteiger charge is 2.14. The Morgan fingerprint density at radius 1 is 1.13 bits per heavy atom. The van der Waals surface area contributed by atoms with Crippen LogP contribution in [0.5, 0.6) is 0 Å². The fourth-order valence-corrected chi connectivity index (χ4v) is 3.95. The zero-order chi connectivity index (χ0) is 20.6. The van der Waals surface area contributed by atoms with E-state index in [0.717, 1.165) is 16.8 Å². The maximum atomic E-state index is 5.40. The number of nitrogens with zero attached hydrogens (tertiary/aromatic N) is 4. The first kappa shape index (κ1) is 20.2. The third-order valence-corrected chi connectivity index (χ3v) is 5.43. The van der Waals surface area contributed by atoms with Gasteiger partial charge in [-0.1, -0.05) is 49.6 Å². The lowest BCUT2D eigenvalue weighted by Gasteiger charge is -2.23. The lowest BCUT2D eigenvalue weighted by atomic mass is 9.96. The minimum atomic E-state index is 0.452. The van der Waals surface area contributed by atoms with Crippen LogP contribution >= 0.6 is 12.2 Å². The summed E-state index contributed by atoms with van der Waals surface area (Å²) in [6, 6.07) is 14.6. The molecule has 0 aliphatic heterocycles. The molecule has 2 aromatic heterocycles. The van der Waals surface area contributed by atoms with Crippen LogP contribution in [0.15, 0.2) is 66.2 Å². The number of aromatic nitrogens is 3. The van der Waals surface area contributed by atoms with Gasteiger partial charge in [-0.2, -0.15) is 10.2 Å². The third kappa shape index (κ3) is 5.51. The number of hydrazone groups is 1. The van der Waals surface area contributed by atoms with Gasteiger partial charge < -0.3 is 5.32 Å². The fraction of sp³-hybridized carbons (Fsp3) is 0.304. The SMILES string of the molecule is S=C(N/N=C\c1cn(Cc2ccccc2)nc1-c1cccnc1)NC1CCCCC1. The van der Waals surface area contributed by atoms with Crippen molar-refractivity contribution in [1.82, 2.24) is 25.5 Å². The van der Waals surface area contributed by atoms with Crippen molar-refractivity contribution in [2.24, 2.45) is 5.10 Å². The smallest absolute Gasteiger partial charge is 0.187 e. The van der Waals surface area contributed by atoms with Crippen molar-refractivity contribution in [3.05, 3.63) is 72.2 Å². The lowest BCUT2D eigenvalue weighted by molar-refractivity contribution is 0.412. The number of hydrogen-bond donors (Lipinski definition) is 2. The minimum absolute atomic E-state index is 0.452. The second-order valence-corrected chi connectivity index (χ2v) is 7.94. The maximum absolute atomic E-state index is 5.40. The quantitative estimate of drug-likeness (QED) is 0.358. The van der Waals surface area contributed by atoms with Crippen LogP contribution in [-0.2, 0) is 6.54 Å². The standard InChI is InChI=1S/C23H26N6S/c30-23(26-21-11-5-2-6-12-21)27-25-15-20-17-29(16-18-8-3-1-4-9-18)28-22(20)19-10-7-13-24-14-19/h1,3-4,7-10,13-15,17,21H,2,5-6,11-12,16H2,(H2,26,27,30)/b25-15-. The first-order valence-corrected chi connectivity index (χ1v) is 10.8. The normalized spacial score (nSPS) is 14.7. The van der Waals surface area contributed by atoms with Gasteiger partial charge >= 0.3 is 0 Å². The number of benzene rings is 1. The van der Waals surface area contributed by atoms with Crippen LogP contribution in [0.4, 0.5) is 0 Å². The van der Waals surface area contributed by atoms with Crippen molar-refractivity contribution in [2.75, 3.05) is 0 Å². The van der Waals surface area contributed by atoms with Crippen molar-refractivity contribution in [3.8, 4) is 11.3 Å². The Bertz CT molecular complexity index is 977. The molecule has 2 heterocycles. The van der Waals surface area contributed by atoms with Crippen LogP contribution in [0, 0.1) is 0 Å². The van der Waals surface area contributed by atoms with Gasteiger partial charge in [-0.25, -0.2) is 0 Å². The van der Waals surface area contributed by atoms with E-state index in [2.05, 4.69) is 33.0 Å². The number of rotatable bonds is 6. The molecule has 0 bridgehead atoms. The number of nitrogens with one attached hydrogen (secondary N) is 2. The van der Waals surface area contributed by atoms with E-state index in [4.69, 9.17) is 17.3 Å². The first-order valence-electron chi connectivity index (χ1n) is 10.4. The van der Waals surface area contributed by atoms with Crippen LogP contribution in [0.3, 0.4) is 0 Å². The Morgan fingerprint density at radius 2 is 1.97 bits per heavy atom. The molecule has 1 aliphatic carbocycles. The van der Waals surface area contributed by atoms with Crippen LogP contribution in [0.2, 0.25) is 0 Å². The number of hydrogen-bond acceptors (Lipinski definition) is 4. The molecular weight excluding hydrogens is 392 g/mol. The number of thiocarbonyl (C=S) groups is 1. The molecule has 0 unspecified atom stereocenters. The summed E-state index contributed by atoms with van der Waals surface area (Å²) in [4.78, 5) is 4.23. The molecule has 0 saturated heterocycles. The lowest BCUT2D eigenvalue weighted by Crippen LogP contribution is -2.40. The molecule has 0 spiro atoms. The maximum Gasteiger partial charge on any atom is 0.187 e. The highest BCUT2D eigenvalue weighted by atomic mass is 32.1. The van der Waals surface area contributed by atoms with Crippen LogP contribution in [-0.4, -0.2) is 32.1 Å². The Balaban J connectivity index is 1.47. The van der Waals surface area contributed by atoms with Gasteiger partial charge in [0, 0.05) is 35.8 Å². The average Bonchev–Trinajstić information content (AvgIpc) is 3.18. The highest BCUT2D eigenvalue weighted by molar-refractivity contribution is 7.80. The molecule has 1 aliphatic rings. The minimum Gasteiger partial charge on any atom is -0.359 e. The van der Waals surface area contributed by atoms with Crippen LogP contribution in [0.1, 0.15) is 43.2 Å². The topological polar surface area (TPSA) is 67.1 Å². The molecule has 0 atom stereocenters. The van der Waals surface area contributed by atoms with E-state index in [0.29, 0.717) is 17.7 Å². The molecule has 1 saturated carbocycles. The Labute approximate surface area is 182 Å².